The van der Waals surface area contributed by atoms with Crippen molar-refractivity contribution in [3.05, 3.63) is 65.3 Å². The molecule has 3 aromatic rings. The van der Waals surface area contributed by atoms with Crippen molar-refractivity contribution in [2.24, 2.45) is 0 Å². The van der Waals surface area contributed by atoms with Crippen LogP contribution in [0.15, 0.2) is 54.0 Å². The average molecular weight is 310 g/mol. The topological polar surface area (TPSA) is 52.1 Å². The number of pyridine rings is 1. The van der Waals surface area contributed by atoms with Gasteiger partial charge >= 0.3 is 0 Å². The predicted molar refractivity (Wildman–Crippen MR) is 86.1 cm³/mol. The summed E-state index contributed by atoms with van der Waals surface area (Å²) in [5.41, 5.74) is 2.41. The Morgan fingerprint density at radius 2 is 2.00 bits per heavy atom. The summed E-state index contributed by atoms with van der Waals surface area (Å²) in [6.07, 6.45) is 1.75. The van der Waals surface area contributed by atoms with E-state index in [9.17, 15) is 4.79 Å². The molecule has 0 saturated carbocycles. The van der Waals surface area contributed by atoms with Crippen LogP contribution in [0.4, 0.5) is 0 Å². The molecule has 2 heterocycles. The van der Waals surface area contributed by atoms with Crippen molar-refractivity contribution < 1.29 is 9.53 Å². The zero-order chi connectivity index (χ0) is 15.4. The summed E-state index contributed by atoms with van der Waals surface area (Å²) in [5.74, 6) is 0.767. The maximum absolute atomic E-state index is 11.2. The molecule has 5 heteroatoms. The monoisotopic (exact) mass is 310 g/mol. The lowest BCUT2D eigenvalue weighted by Gasteiger charge is -2.04. The van der Waals surface area contributed by atoms with Crippen molar-refractivity contribution in [2.75, 3.05) is 0 Å². The second-order valence-corrected chi connectivity index (χ2v) is 5.59. The first-order valence-corrected chi connectivity index (χ1v) is 7.70. The van der Waals surface area contributed by atoms with Crippen molar-refractivity contribution in [3.63, 3.8) is 0 Å². The maximum Gasteiger partial charge on any atom is 0.159 e. The van der Waals surface area contributed by atoms with Gasteiger partial charge in [-0.2, -0.15) is 0 Å². The minimum Gasteiger partial charge on any atom is -0.487 e. The molecule has 4 nitrogen and oxygen atoms in total. The van der Waals surface area contributed by atoms with Crippen LogP contribution in [0.5, 0.6) is 5.75 Å². The number of ether oxygens (including phenoxy) is 1. The van der Waals surface area contributed by atoms with Crippen LogP contribution in [0.3, 0.4) is 0 Å². The van der Waals surface area contributed by atoms with Gasteiger partial charge in [-0.25, -0.2) is 4.98 Å². The number of Topliss-reactive ketones (excluding diaryl/α,β-unsaturated/α-hetero) is 1. The van der Waals surface area contributed by atoms with Gasteiger partial charge in [0, 0.05) is 17.1 Å². The van der Waals surface area contributed by atoms with Crippen molar-refractivity contribution >= 4 is 17.1 Å². The third-order valence-electron chi connectivity index (χ3n) is 3.08. The summed E-state index contributed by atoms with van der Waals surface area (Å²) >= 11 is 1.55. The Balaban J connectivity index is 1.65. The van der Waals surface area contributed by atoms with E-state index in [1.54, 1.807) is 48.7 Å². The van der Waals surface area contributed by atoms with Gasteiger partial charge in [0.1, 0.15) is 17.4 Å². The van der Waals surface area contributed by atoms with Crippen LogP contribution in [0.2, 0.25) is 0 Å². The molecule has 0 unspecified atom stereocenters. The van der Waals surface area contributed by atoms with E-state index in [-0.39, 0.29) is 5.78 Å². The number of aromatic nitrogens is 2. The second-order valence-electron chi connectivity index (χ2n) is 4.73. The fourth-order valence-corrected chi connectivity index (χ4v) is 2.70. The number of carbonyl (C=O) groups excluding carboxylic acids is 1. The highest BCUT2D eigenvalue weighted by Crippen LogP contribution is 2.22. The molecule has 0 spiro atoms. The van der Waals surface area contributed by atoms with E-state index < -0.39 is 0 Å². The number of hydrogen-bond donors (Lipinski definition) is 0. The lowest BCUT2D eigenvalue weighted by atomic mass is 10.1. The molecule has 22 heavy (non-hydrogen) atoms. The fraction of sp³-hybridized carbons (Fsp3) is 0.118. The number of nitrogens with zero attached hydrogens (tertiary/aromatic N) is 2. The lowest BCUT2D eigenvalue weighted by Crippen LogP contribution is -1.97. The molecule has 0 aliphatic heterocycles. The number of ketones is 1. The summed E-state index contributed by atoms with van der Waals surface area (Å²) in [7, 11) is 0. The molecule has 1 aromatic carbocycles. The third kappa shape index (κ3) is 3.38. The molecule has 0 amide bonds. The SMILES string of the molecule is CC(=O)c1ccc(OCc2csc(-c3ccccn3)n2)cc1. The number of benzene rings is 1. The molecule has 0 saturated heterocycles. The van der Waals surface area contributed by atoms with E-state index in [1.165, 1.54) is 0 Å². The quantitative estimate of drug-likeness (QED) is 0.669. The Bertz CT molecular complexity index is 767. The van der Waals surface area contributed by atoms with Gasteiger partial charge in [0.2, 0.25) is 0 Å². The summed E-state index contributed by atoms with van der Waals surface area (Å²) in [4.78, 5) is 20.0. The molecule has 2 aromatic heterocycles. The minimum atomic E-state index is 0.0473. The second kappa shape index (κ2) is 6.49. The maximum atomic E-state index is 11.2. The van der Waals surface area contributed by atoms with Crippen LogP contribution < -0.4 is 4.74 Å². The van der Waals surface area contributed by atoms with Crippen LogP contribution in [0.1, 0.15) is 23.0 Å². The molecule has 0 atom stereocenters. The Kier molecular flexibility index (Phi) is 4.25. The van der Waals surface area contributed by atoms with Crippen LogP contribution >= 0.6 is 11.3 Å². The molecule has 0 fully saturated rings. The van der Waals surface area contributed by atoms with Crippen molar-refractivity contribution in [2.45, 2.75) is 13.5 Å². The first-order valence-electron chi connectivity index (χ1n) is 6.82. The molecule has 0 bridgehead atoms. The highest BCUT2D eigenvalue weighted by atomic mass is 32.1. The molecule has 0 aliphatic carbocycles. The van der Waals surface area contributed by atoms with E-state index in [0.29, 0.717) is 12.2 Å². The van der Waals surface area contributed by atoms with Gasteiger partial charge in [0.15, 0.2) is 5.78 Å². The Morgan fingerprint density at radius 3 is 2.68 bits per heavy atom. The largest absolute Gasteiger partial charge is 0.487 e. The van der Waals surface area contributed by atoms with Gasteiger partial charge in [0.05, 0.1) is 11.4 Å². The van der Waals surface area contributed by atoms with Crippen LogP contribution in [-0.2, 0) is 6.61 Å². The van der Waals surface area contributed by atoms with Gasteiger partial charge in [-0.15, -0.1) is 11.3 Å². The van der Waals surface area contributed by atoms with E-state index in [1.807, 2.05) is 23.6 Å². The molecular weight excluding hydrogens is 296 g/mol. The zero-order valence-corrected chi connectivity index (χ0v) is 12.8. The van der Waals surface area contributed by atoms with Crippen LogP contribution in [0, 0.1) is 0 Å². The lowest BCUT2D eigenvalue weighted by molar-refractivity contribution is 0.101. The molecule has 0 aliphatic rings. The number of thiazole rings is 1. The van der Waals surface area contributed by atoms with E-state index >= 15 is 0 Å². The summed E-state index contributed by atoms with van der Waals surface area (Å²) in [6, 6.07) is 12.9. The predicted octanol–water partition coefficient (Wildman–Crippen LogP) is 3.99. The number of carbonyl (C=O) groups is 1. The standard InChI is InChI=1S/C17H14N2O2S/c1-12(20)13-5-7-15(8-6-13)21-10-14-11-22-17(19-14)16-4-2-3-9-18-16/h2-9,11H,10H2,1H3. The van der Waals surface area contributed by atoms with Crippen LogP contribution in [0.25, 0.3) is 10.7 Å². The van der Waals surface area contributed by atoms with Crippen molar-refractivity contribution in [1.29, 1.82) is 0 Å². The number of hydrogen-bond acceptors (Lipinski definition) is 5. The first-order chi connectivity index (χ1) is 10.7. The van der Waals surface area contributed by atoms with Gasteiger partial charge in [-0.3, -0.25) is 9.78 Å². The van der Waals surface area contributed by atoms with Gasteiger partial charge in [0.25, 0.3) is 0 Å². The van der Waals surface area contributed by atoms with Gasteiger partial charge in [-0.1, -0.05) is 6.07 Å². The summed E-state index contributed by atoms with van der Waals surface area (Å²) in [5, 5.41) is 2.85. The molecule has 110 valence electrons. The van der Waals surface area contributed by atoms with Gasteiger partial charge < -0.3 is 4.74 Å². The van der Waals surface area contributed by atoms with Crippen LogP contribution in [-0.4, -0.2) is 15.8 Å². The zero-order valence-electron chi connectivity index (χ0n) is 12.0. The first kappa shape index (κ1) is 14.4. The third-order valence-corrected chi connectivity index (χ3v) is 4.00. The molecule has 0 radical (unpaired) electrons. The van der Waals surface area contributed by atoms with Crippen molar-refractivity contribution in [1.82, 2.24) is 9.97 Å². The molecular formula is C17H14N2O2S. The normalized spacial score (nSPS) is 10.4. The average Bonchev–Trinajstić information content (AvgIpc) is 3.03. The van der Waals surface area contributed by atoms with Gasteiger partial charge in [-0.05, 0) is 43.3 Å². The number of rotatable bonds is 5. The fourth-order valence-electron chi connectivity index (χ4n) is 1.92. The Morgan fingerprint density at radius 1 is 1.18 bits per heavy atom. The highest BCUT2D eigenvalue weighted by Gasteiger charge is 2.06. The highest BCUT2D eigenvalue weighted by molar-refractivity contribution is 7.13. The Hall–Kier alpha value is -2.53. The molecule has 0 N–H and O–H groups in total. The van der Waals surface area contributed by atoms with E-state index in [2.05, 4.69) is 9.97 Å². The van der Waals surface area contributed by atoms with E-state index in [0.717, 1.165) is 22.1 Å². The minimum absolute atomic E-state index is 0.0473. The summed E-state index contributed by atoms with van der Waals surface area (Å²) in [6.45, 7) is 1.94. The Labute approximate surface area is 132 Å². The van der Waals surface area contributed by atoms with E-state index in [4.69, 9.17) is 4.74 Å². The summed E-state index contributed by atoms with van der Waals surface area (Å²) < 4.78 is 5.69. The molecule has 3 rings (SSSR count). The van der Waals surface area contributed by atoms with Crippen molar-refractivity contribution in [3.8, 4) is 16.5 Å². The smallest absolute Gasteiger partial charge is 0.159 e.